The summed E-state index contributed by atoms with van der Waals surface area (Å²) in [5.74, 6) is -3.02. The number of nitrogens with zero attached hydrogens (tertiary/aromatic N) is 1. The average Bonchev–Trinajstić information content (AvgIpc) is 2.85. The number of sulfonamides is 1. The molecule has 2 aliphatic heterocycles. The molecule has 0 aromatic heterocycles. The van der Waals surface area contributed by atoms with E-state index in [1.807, 2.05) is 12.1 Å². The van der Waals surface area contributed by atoms with Crippen LogP contribution in [0.15, 0.2) is 29.2 Å². The Labute approximate surface area is 160 Å². The summed E-state index contributed by atoms with van der Waals surface area (Å²) in [7, 11) is -2.43. The Morgan fingerprint density at radius 2 is 1.52 bits per heavy atom. The Morgan fingerprint density at radius 1 is 1.04 bits per heavy atom. The van der Waals surface area contributed by atoms with Crippen molar-refractivity contribution in [3.63, 3.8) is 0 Å². The maximum absolute atomic E-state index is 14.2. The van der Waals surface area contributed by atoms with Crippen molar-refractivity contribution in [2.45, 2.75) is 87.3 Å². The molecular formula is C20H29F2NO3S. The lowest BCUT2D eigenvalue weighted by Gasteiger charge is -2.47. The molecule has 1 aromatic carbocycles. The maximum Gasteiger partial charge on any atom is 0.273 e. The summed E-state index contributed by atoms with van der Waals surface area (Å²) in [5.41, 5.74) is -0.620. The summed E-state index contributed by atoms with van der Waals surface area (Å²) in [4.78, 5) is 0.223. The number of rotatable bonds is 4. The van der Waals surface area contributed by atoms with Gasteiger partial charge in [0, 0.05) is 26.1 Å². The molecule has 2 aliphatic rings. The molecule has 1 aromatic rings. The maximum atomic E-state index is 14.2. The number of hydrogen-bond donors (Lipinski definition) is 0. The van der Waals surface area contributed by atoms with Crippen LogP contribution in [0.25, 0.3) is 0 Å². The molecule has 4 nitrogen and oxygen atoms in total. The topological polar surface area (TPSA) is 46.6 Å². The zero-order valence-electron chi connectivity index (χ0n) is 16.6. The van der Waals surface area contributed by atoms with Gasteiger partial charge in [-0.1, -0.05) is 32.9 Å². The third-order valence-corrected chi connectivity index (χ3v) is 8.19. The van der Waals surface area contributed by atoms with Gasteiger partial charge in [-0.3, -0.25) is 0 Å². The van der Waals surface area contributed by atoms with Crippen molar-refractivity contribution in [3.8, 4) is 0 Å². The average molecular weight is 402 g/mol. The van der Waals surface area contributed by atoms with Crippen molar-refractivity contribution in [3.05, 3.63) is 29.8 Å². The highest BCUT2D eigenvalue weighted by Crippen LogP contribution is 2.50. The monoisotopic (exact) mass is 401 g/mol. The Kier molecular flexibility index (Phi) is 4.97. The molecule has 0 amide bonds. The van der Waals surface area contributed by atoms with Gasteiger partial charge in [0.25, 0.3) is 5.92 Å². The van der Waals surface area contributed by atoms with Crippen LogP contribution in [-0.4, -0.2) is 43.4 Å². The molecule has 2 saturated heterocycles. The number of methoxy groups -OCH3 is 1. The molecule has 2 unspecified atom stereocenters. The molecule has 3 rings (SSSR count). The Hall–Kier alpha value is -1.05. The second-order valence-corrected chi connectivity index (χ2v) is 10.8. The fourth-order valence-corrected chi connectivity index (χ4v) is 6.38. The number of alkyl halides is 2. The van der Waals surface area contributed by atoms with Gasteiger partial charge in [-0.15, -0.1) is 0 Å². The predicted octanol–water partition coefficient (Wildman–Crippen LogP) is 4.34. The number of fused-ring (bicyclic) bond motifs is 2. The van der Waals surface area contributed by atoms with Gasteiger partial charge in [0.15, 0.2) is 0 Å². The number of piperidine rings is 1. The summed E-state index contributed by atoms with van der Waals surface area (Å²) in [6, 6.07) is 6.00. The van der Waals surface area contributed by atoms with Crippen molar-refractivity contribution in [2.75, 3.05) is 7.11 Å². The molecule has 152 valence electrons. The minimum absolute atomic E-state index is 0.0167. The normalized spacial score (nSPS) is 29.9. The highest BCUT2D eigenvalue weighted by atomic mass is 32.2. The van der Waals surface area contributed by atoms with Crippen molar-refractivity contribution < 1.29 is 21.9 Å². The van der Waals surface area contributed by atoms with Gasteiger partial charge in [-0.25, -0.2) is 17.2 Å². The lowest BCUT2D eigenvalue weighted by Crippen LogP contribution is -2.60. The van der Waals surface area contributed by atoms with Gasteiger partial charge < -0.3 is 4.74 Å². The molecule has 27 heavy (non-hydrogen) atoms. The van der Waals surface area contributed by atoms with E-state index in [0.717, 1.165) is 12.5 Å². The van der Waals surface area contributed by atoms with Crippen LogP contribution >= 0.6 is 0 Å². The number of halogens is 2. The highest BCUT2D eigenvalue weighted by Gasteiger charge is 2.61. The molecular weight excluding hydrogens is 372 g/mol. The molecule has 0 aliphatic carbocycles. The van der Waals surface area contributed by atoms with Gasteiger partial charge in [-0.05, 0) is 48.8 Å². The first-order valence-electron chi connectivity index (χ1n) is 9.39. The van der Waals surface area contributed by atoms with Crippen molar-refractivity contribution >= 4 is 10.0 Å². The second kappa shape index (κ2) is 6.49. The first-order valence-corrected chi connectivity index (χ1v) is 10.8. The van der Waals surface area contributed by atoms with Crippen LogP contribution in [0.4, 0.5) is 8.78 Å². The van der Waals surface area contributed by atoms with Crippen LogP contribution in [0.2, 0.25) is 0 Å². The minimum Gasteiger partial charge on any atom is -0.372 e. The quantitative estimate of drug-likeness (QED) is 0.754. The molecule has 0 saturated carbocycles. The van der Waals surface area contributed by atoms with E-state index in [4.69, 9.17) is 4.74 Å². The third-order valence-electron chi connectivity index (χ3n) is 6.17. The molecule has 2 atom stereocenters. The van der Waals surface area contributed by atoms with Gasteiger partial charge in [-0.2, -0.15) is 4.31 Å². The second-order valence-electron chi connectivity index (χ2n) is 8.99. The van der Waals surface area contributed by atoms with E-state index in [1.165, 1.54) is 11.4 Å². The molecule has 0 spiro atoms. The summed E-state index contributed by atoms with van der Waals surface area (Å²) in [6.45, 7) is 7.06. The largest absolute Gasteiger partial charge is 0.372 e. The third kappa shape index (κ3) is 3.42. The Balaban J connectivity index is 1.91. The van der Waals surface area contributed by atoms with E-state index >= 15 is 0 Å². The first-order chi connectivity index (χ1) is 12.3. The SMILES string of the molecule is COC1(C(C)(F)F)CC2CCC(C1)N2S(=O)(=O)c1ccc(C(C)(C)C)cc1. The molecule has 0 radical (unpaired) electrons. The summed E-state index contributed by atoms with van der Waals surface area (Å²) in [5, 5.41) is 0. The van der Waals surface area contributed by atoms with Crippen LogP contribution in [-0.2, 0) is 20.2 Å². The van der Waals surface area contributed by atoms with Crippen molar-refractivity contribution in [2.24, 2.45) is 0 Å². The van der Waals surface area contributed by atoms with Crippen LogP contribution in [0.3, 0.4) is 0 Å². The lowest BCUT2D eigenvalue weighted by molar-refractivity contribution is -0.210. The van der Waals surface area contributed by atoms with Crippen molar-refractivity contribution in [1.82, 2.24) is 4.31 Å². The smallest absolute Gasteiger partial charge is 0.273 e. The van der Waals surface area contributed by atoms with E-state index in [1.54, 1.807) is 12.1 Å². The van der Waals surface area contributed by atoms with E-state index in [9.17, 15) is 17.2 Å². The van der Waals surface area contributed by atoms with E-state index in [-0.39, 0.29) is 23.2 Å². The molecule has 0 N–H and O–H groups in total. The van der Waals surface area contributed by atoms with E-state index in [2.05, 4.69) is 20.8 Å². The first kappa shape index (κ1) is 20.7. The van der Waals surface area contributed by atoms with Crippen LogP contribution in [0.1, 0.15) is 58.9 Å². The molecule has 2 fully saturated rings. The number of ether oxygens (including phenoxy) is 1. The lowest BCUT2D eigenvalue weighted by atomic mass is 9.82. The van der Waals surface area contributed by atoms with Crippen molar-refractivity contribution in [1.29, 1.82) is 0 Å². The van der Waals surface area contributed by atoms with Gasteiger partial charge in [0.2, 0.25) is 10.0 Å². The van der Waals surface area contributed by atoms with Gasteiger partial charge >= 0.3 is 0 Å². The summed E-state index contributed by atoms with van der Waals surface area (Å²) in [6.07, 6.45) is 1.21. The van der Waals surface area contributed by atoms with E-state index < -0.39 is 33.6 Å². The summed E-state index contributed by atoms with van der Waals surface area (Å²) >= 11 is 0. The highest BCUT2D eigenvalue weighted by molar-refractivity contribution is 7.89. The van der Waals surface area contributed by atoms with Crippen LogP contribution in [0, 0.1) is 0 Å². The van der Waals surface area contributed by atoms with Gasteiger partial charge in [0.05, 0.1) is 4.90 Å². The van der Waals surface area contributed by atoms with E-state index in [0.29, 0.717) is 12.8 Å². The number of hydrogen-bond acceptors (Lipinski definition) is 3. The van der Waals surface area contributed by atoms with Crippen LogP contribution in [0.5, 0.6) is 0 Å². The number of benzene rings is 1. The van der Waals surface area contributed by atoms with Gasteiger partial charge in [0.1, 0.15) is 5.60 Å². The molecule has 2 heterocycles. The molecule has 7 heteroatoms. The Bertz CT molecular complexity index is 780. The fraction of sp³-hybridized carbons (Fsp3) is 0.700. The zero-order chi connectivity index (χ0) is 20.3. The Morgan fingerprint density at radius 3 is 1.89 bits per heavy atom. The standard InChI is InChI=1S/C20H29F2NO3S/c1-18(2,3)14-6-10-17(11-7-14)27(24,25)23-15-8-9-16(23)13-20(12-15,26-5)19(4,21)22/h6-7,10-11,15-16H,8-9,12-13H2,1-5H3. The predicted molar refractivity (Wildman–Crippen MR) is 101 cm³/mol. The van der Waals surface area contributed by atoms with Crippen LogP contribution < -0.4 is 0 Å². The zero-order valence-corrected chi connectivity index (χ0v) is 17.4. The fourth-order valence-electron chi connectivity index (χ4n) is 4.51. The molecule has 2 bridgehead atoms. The minimum atomic E-state index is -3.73. The summed E-state index contributed by atoms with van der Waals surface area (Å²) < 4.78 is 61.7.